The number of hydrogen-bond donors (Lipinski definition) is 1. The maximum Gasteiger partial charge on any atom is 0.308 e. The van der Waals surface area contributed by atoms with E-state index in [0.29, 0.717) is 6.42 Å². The van der Waals surface area contributed by atoms with Crippen LogP contribution < -0.4 is 0 Å². The van der Waals surface area contributed by atoms with Gasteiger partial charge in [0.1, 0.15) is 0 Å². The summed E-state index contributed by atoms with van der Waals surface area (Å²) in [6, 6.07) is -0.168. The summed E-state index contributed by atoms with van der Waals surface area (Å²) >= 11 is 0. The van der Waals surface area contributed by atoms with Crippen LogP contribution in [0, 0.1) is 17.3 Å². The fourth-order valence-electron chi connectivity index (χ4n) is 3.93. The van der Waals surface area contributed by atoms with Crippen molar-refractivity contribution in [2.24, 2.45) is 17.3 Å². The van der Waals surface area contributed by atoms with Crippen molar-refractivity contribution < 1.29 is 14.7 Å². The van der Waals surface area contributed by atoms with Crippen LogP contribution in [0.15, 0.2) is 0 Å². The standard InChI is InChI=1S/C16H27NO3/c1-11-13(15(19)20)7-5-9-17(11)14(18)12-6-4-8-16(2,3)10-12/h11-13H,4-10H2,1-3H3,(H,19,20)/t11-,12?,13-/m1/s1. The first-order valence-corrected chi connectivity index (χ1v) is 7.85. The number of amides is 1. The zero-order valence-electron chi connectivity index (χ0n) is 12.9. The van der Waals surface area contributed by atoms with E-state index in [2.05, 4.69) is 13.8 Å². The zero-order chi connectivity index (χ0) is 14.9. The normalized spacial score (nSPS) is 33.8. The third-order valence-corrected chi connectivity index (χ3v) is 5.14. The lowest BCUT2D eigenvalue weighted by Gasteiger charge is -2.42. The monoisotopic (exact) mass is 281 g/mol. The molecule has 1 unspecified atom stereocenters. The fourth-order valence-corrected chi connectivity index (χ4v) is 3.93. The second kappa shape index (κ2) is 5.74. The number of nitrogens with zero attached hydrogens (tertiary/aromatic N) is 1. The SMILES string of the molecule is C[C@@H]1[C@H](C(=O)O)CCCN1C(=O)C1CCCC(C)(C)C1. The van der Waals surface area contributed by atoms with E-state index in [1.165, 1.54) is 6.42 Å². The summed E-state index contributed by atoms with van der Waals surface area (Å²) in [5, 5.41) is 9.26. The molecule has 0 spiro atoms. The maximum atomic E-state index is 12.8. The molecule has 4 heteroatoms. The van der Waals surface area contributed by atoms with Crippen LogP contribution in [0.3, 0.4) is 0 Å². The number of carboxylic acid groups (broad SMARTS) is 1. The first-order chi connectivity index (χ1) is 9.32. The van der Waals surface area contributed by atoms with E-state index < -0.39 is 11.9 Å². The van der Waals surface area contributed by atoms with E-state index in [1.54, 1.807) is 0 Å². The Balaban J connectivity index is 2.06. The van der Waals surface area contributed by atoms with Gasteiger partial charge in [-0.1, -0.05) is 20.3 Å². The Kier molecular flexibility index (Phi) is 4.40. The lowest BCUT2D eigenvalue weighted by molar-refractivity contribution is -0.151. The number of carbonyl (C=O) groups is 2. The van der Waals surface area contributed by atoms with Gasteiger partial charge >= 0.3 is 5.97 Å². The molecule has 114 valence electrons. The highest BCUT2D eigenvalue weighted by molar-refractivity contribution is 5.81. The molecule has 1 heterocycles. The highest BCUT2D eigenvalue weighted by atomic mass is 16.4. The predicted octanol–water partition coefficient (Wildman–Crippen LogP) is 2.91. The van der Waals surface area contributed by atoms with Crippen molar-refractivity contribution in [3.63, 3.8) is 0 Å². The summed E-state index contributed by atoms with van der Waals surface area (Å²) in [7, 11) is 0. The van der Waals surface area contributed by atoms with Crippen molar-refractivity contribution in [3.05, 3.63) is 0 Å². The molecule has 0 bridgehead atoms. The van der Waals surface area contributed by atoms with Crippen molar-refractivity contribution in [2.45, 2.75) is 65.3 Å². The van der Waals surface area contributed by atoms with Crippen LogP contribution in [0.5, 0.6) is 0 Å². The van der Waals surface area contributed by atoms with Crippen LogP contribution in [-0.4, -0.2) is 34.5 Å². The zero-order valence-corrected chi connectivity index (χ0v) is 12.9. The van der Waals surface area contributed by atoms with E-state index in [4.69, 9.17) is 0 Å². The topological polar surface area (TPSA) is 57.6 Å². The minimum absolute atomic E-state index is 0.0914. The Morgan fingerprint density at radius 1 is 1.20 bits per heavy atom. The summed E-state index contributed by atoms with van der Waals surface area (Å²) in [5.74, 6) is -0.881. The summed E-state index contributed by atoms with van der Waals surface area (Å²) in [6.07, 6.45) is 5.69. The van der Waals surface area contributed by atoms with Crippen LogP contribution in [0.25, 0.3) is 0 Å². The number of aliphatic carboxylic acids is 1. The van der Waals surface area contributed by atoms with Gasteiger partial charge in [-0.25, -0.2) is 0 Å². The van der Waals surface area contributed by atoms with Crippen LogP contribution in [0.2, 0.25) is 0 Å². The Morgan fingerprint density at radius 3 is 2.50 bits per heavy atom. The molecule has 1 saturated heterocycles. The Labute approximate surface area is 121 Å². The van der Waals surface area contributed by atoms with E-state index in [0.717, 1.165) is 32.2 Å². The van der Waals surface area contributed by atoms with Gasteiger partial charge in [0.05, 0.1) is 5.92 Å². The Morgan fingerprint density at radius 2 is 1.90 bits per heavy atom. The summed E-state index contributed by atoms with van der Waals surface area (Å²) in [6.45, 7) is 7.07. The van der Waals surface area contributed by atoms with Crippen molar-refractivity contribution in [1.82, 2.24) is 4.90 Å². The lowest BCUT2D eigenvalue weighted by Crippen LogP contribution is -2.51. The summed E-state index contributed by atoms with van der Waals surface area (Å²) < 4.78 is 0. The molecule has 1 saturated carbocycles. The molecule has 0 aromatic heterocycles. The van der Waals surface area contributed by atoms with Gasteiger partial charge in [-0.15, -0.1) is 0 Å². The average Bonchev–Trinajstić information content (AvgIpc) is 2.36. The van der Waals surface area contributed by atoms with Gasteiger partial charge < -0.3 is 10.0 Å². The number of rotatable bonds is 2. The molecule has 2 rings (SSSR count). The molecule has 4 nitrogen and oxygen atoms in total. The molecule has 0 aromatic rings. The predicted molar refractivity (Wildman–Crippen MR) is 77.3 cm³/mol. The second-order valence-corrected chi connectivity index (χ2v) is 7.32. The number of carbonyl (C=O) groups excluding carboxylic acids is 1. The second-order valence-electron chi connectivity index (χ2n) is 7.32. The highest BCUT2D eigenvalue weighted by Crippen LogP contribution is 2.40. The van der Waals surface area contributed by atoms with Gasteiger partial charge in [0, 0.05) is 18.5 Å². The van der Waals surface area contributed by atoms with Gasteiger partial charge in [0.2, 0.25) is 5.91 Å². The van der Waals surface area contributed by atoms with Crippen molar-refractivity contribution in [3.8, 4) is 0 Å². The van der Waals surface area contributed by atoms with Crippen molar-refractivity contribution in [2.75, 3.05) is 6.54 Å². The van der Waals surface area contributed by atoms with Crippen LogP contribution >= 0.6 is 0 Å². The first kappa shape index (κ1) is 15.3. The maximum absolute atomic E-state index is 12.8. The van der Waals surface area contributed by atoms with Crippen LogP contribution in [-0.2, 0) is 9.59 Å². The van der Waals surface area contributed by atoms with E-state index in [9.17, 15) is 14.7 Å². The van der Waals surface area contributed by atoms with Gasteiger partial charge in [0.25, 0.3) is 0 Å². The van der Waals surface area contributed by atoms with E-state index in [-0.39, 0.29) is 23.3 Å². The third-order valence-electron chi connectivity index (χ3n) is 5.14. The average molecular weight is 281 g/mol. The van der Waals surface area contributed by atoms with Gasteiger partial charge in [-0.2, -0.15) is 0 Å². The number of hydrogen-bond acceptors (Lipinski definition) is 2. The highest BCUT2D eigenvalue weighted by Gasteiger charge is 2.40. The molecule has 1 N–H and O–H groups in total. The molecule has 1 aliphatic carbocycles. The molecule has 3 atom stereocenters. The molecule has 0 aromatic carbocycles. The molecule has 0 radical (unpaired) electrons. The van der Waals surface area contributed by atoms with Gasteiger partial charge in [0.15, 0.2) is 0 Å². The van der Waals surface area contributed by atoms with Crippen molar-refractivity contribution in [1.29, 1.82) is 0 Å². The van der Waals surface area contributed by atoms with Crippen LogP contribution in [0.1, 0.15) is 59.3 Å². The largest absolute Gasteiger partial charge is 0.481 e. The van der Waals surface area contributed by atoms with E-state index >= 15 is 0 Å². The number of piperidine rings is 1. The number of carboxylic acids is 1. The quantitative estimate of drug-likeness (QED) is 0.846. The first-order valence-electron chi connectivity index (χ1n) is 7.85. The smallest absolute Gasteiger partial charge is 0.308 e. The molecular formula is C16H27NO3. The molecule has 2 fully saturated rings. The molecule has 1 aliphatic heterocycles. The Hall–Kier alpha value is -1.06. The van der Waals surface area contributed by atoms with Crippen molar-refractivity contribution >= 4 is 11.9 Å². The summed E-state index contributed by atoms with van der Waals surface area (Å²) in [5.41, 5.74) is 0.240. The Bertz CT molecular complexity index is 391. The fraction of sp³-hybridized carbons (Fsp3) is 0.875. The van der Waals surface area contributed by atoms with Gasteiger partial charge in [-0.05, 0) is 44.4 Å². The molecule has 2 aliphatic rings. The molecular weight excluding hydrogens is 254 g/mol. The minimum Gasteiger partial charge on any atom is -0.481 e. The molecule has 1 amide bonds. The number of likely N-dealkylation sites (tertiary alicyclic amines) is 1. The van der Waals surface area contributed by atoms with Gasteiger partial charge in [-0.3, -0.25) is 9.59 Å². The van der Waals surface area contributed by atoms with Crippen LogP contribution in [0.4, 0.5) is 0 Å². The summed E-state index contributed by atoms with van der Waals surface area (Å²) in [4.78, 5) is 25.9. The van der Waals surface area contributed by atoms with E-state index in [1.807, 2.05) is 11.8 Å². The third kappa shape index (κ3) is 3.15. The lowest BCUT2D eigenvalue weighted by atomic mass is 9.71. The minimum atomic E-state index is -0.765. The molecule has 20 heavy (non-hydrogen) atoms.